The minimum absolute atomic E-state index is 0.0103. The van der Waals surface area contributed by atoms with Crippen LogP contribution in [0, 0.1) is 5.92 Å². The molecular weight excluding hydrogens is 252 g/mol. The van der Waals surface area contributed by atoms with Gasteiger partial charge in [0.2, 0.25) is 0 Å². The smallest absolute Gasteiger partial charge is 0.170 e. The van der Waals surface area contributed by atoms with Crippen molar-refractivity contribution < 1.29 is 4.79 Å². The van der Waals surface area contributed by atoms with Crippen LogP contribution in [-0.2, 0) is 0 Å². The Morgan fingerprint density at radius 2 is 1.93 bits per heavy atom. The Kier molecular flexibility index (Phi) is 3.17. The number of halogens is 1. The van der Waals surface area contributed by atoms with Crippen molar-refractivity contribution in [2.45, 2.75) is 6.42 Å². The monoisotopic (exact) mass is 262 g/mol. The molecule has 1 aromatic rings. The van der Waals surface area contributed by atoms with E-state index >= 15 is 0 Å². The Morgan fingerprint density at radius 1 is 1.20 bits per heavy atom. The Hall–Kier alpha value is -1.15. The predicted octanol–water partition coefficient (Wildman–Crippen LogP) is 3.76. The summed E-state index contributed by atoms with van der Waals surface area (Å²) in [5.41, 5.74) is 0.781. The van der Waals surface area contributed by atoms with Gasteiger partial charge in [0, 0.05) is 16.0 Å². The number of ketones is 1. The molecule has 2 heteroatoms. The molecule has 15 heavy (non-hydrogen) atoms. The molecule has 1 nitrogen and oxygen atoms in total. The van der Waals surface area contributed by atoms with Crippen molar-refractivity contribution in [2.75, 3.05) is 0 Å². The van der Waals surface area contributed by atoms with Crippen LogP contribution in [0.5, 0.6) is 0 Å². The molecule has 0 amide bonds. The summed E-state index contributed by atoms with van der Waals surface area (Å²) in [7, 11) is 0. The van der Waals surface area contributed by atoms with Crippen LogP contribution in [0.1, 0.15) is 16.8 Å². The first-order chi connectivity index (χ1) is 7.27. The molecule has 0 fully saturated rings. The van der Waals surface area contributed by atoms with Crippen molar-refractivity contribution in [2.24, 2.45) is 5.92 Å². The van der Waals surface area contributed by atoms with Gasteiger partial charge < -0.3 is 0 Å². The van der Waals surface area contributed by atoms with E-state index in [4.69, 9.17) is 0 Å². The molecule has 0 aromatic heterocycles. The van der Waals surface area contributed by atoms with Crippen molar-refractivity contribution in [1.29, 1.82) is 0 Å². The molecule has 1 aliphatic carbocycles. The van der Waals surface area contributed by atoms with Crippen LogP contribution in [0.25, 0.3) is 0 Å². The summed E-state index contributed by atoms with van der Waals surface area (Å²) in [5.74, 6) is 0.208. The van der Waals surface area contributed by atoms with E-state index in [1.54, 1.807) is 0 Å². The van der Waals surface area contributed by atoms with Crippen LogP contribution >= 0.6 is 15.9 Å². The summed E-state index contributed by atoms with van der Waals surface area (Å²) >= 11 is 3.35. The standard InChI is InChI=1S/C13H11BrO/c14-12-8-6-11(7-9-12)13(15)10-4-2-1-3-5-10/h1-4,6-10H,5H2. The highest BCUT2D eigenvalue weighted by atomic mass is 79.9. The number of hydrogen-bond acceptors (Lipinski definition) is 1. The van der Waals surface area contributed by atoms with Gasteiger partial charge in [-0.15, -0.1) is 0 Å². The van der Waals surface area contributed by atoms with E-state index in [2.05, 4.69) is 15.9 Å². The van der Waals surface area contributed by atoms with E-state index in [0.29, 0.717) is 0 Å². The van der Waals surface area contributed by atoms with Crippen LogP contribution in [-0.4, -0.2) is 5.78 Å². The number of hydrogen-bond donors (Lipinski definition) is 0. The van der Waals surface area contributed by atoms with Gasteiger partial charge in [0.25, 0.3) is 0 Å². The van der Waals surface area contributed by atoms with Gasteiger partial charge in [0.05, 0.1) is 0 Å². The molecule has 1 unspecified atom stereocenters. The summed E-state index contributed by atoms with van der Waals surface area (Å²) in [5, 5.41) is 0. The summed E-state index contributed by atoms with van der Waals surface area (Å²) in [4.78, 5) is 12.0. The van der Waals surface area contributed by atoms with Crippen molar-refractivity contribution in [3.63, 3.8) is 0 Å². The normalized spacial score (nSPS) is 19.1. The molecule has 0 N–H and O–H groups in total. The number of Topliss-reactive ketones (excluding diaryl/α,β-unsaturated/α-hetero) is 1. The zero-order chi connectivity index (χ0) is 10.7. The summed E-state index contributed by atoms with van der Waals surface area (Å²) in [6, 6.07) is 7.52. The maximum Gasteiger partial charge on any atom is 0.170 e. The first-order valence-electron chi connectivity index (χ1n) is 4.90. The third-order valence-corrected chi connectivity index (χ3v) is 2.97. The first kappa shape index (κ1) is 10.4. The molecule has 0 radical (unpaired) electrons. The lowest BCUT2D eigenvalue weighted by Gasteiger charge is -2.11. The maximum absolute atomic E-state index is 12.0. The van der Waals surface area contributed by atoms with Crippen LogP contribution in [0.2, 0.25) is 0 Å². The van der Waals surface area contributed by atoms with Gasteiger partial charge in [-0.3, -0.25) is 4.79 Å². The highest BCUT2D eigenvalue weighted by Gasteiger charge is 2.16. The van der Waals surface area contributed by atoms with E-state index in [1.807, 2.05) is 48.6 Å². The number of benzene rings is 1. The van der Waals surface area contributed by atoms with Crippen LogP contribution in [0.4, 0.5) is 0 Å². The minimum atomic E-state index is 0.0103. The summed E-state index contributed by atoms with van der Waals surface area (Å²) in [6.45, 7) is 0. The highest BCUT2D eigenvalue weighted by molar-refractivity contribution is 9.10. The minimum Gasteiger partial charge on any atom is -0.294 e. The van der Waals surface area contributed by atoms with Gasteiger partial charge in [0.1, 0.15) is 0 Å². The molecule has 1 aliphatic rings. The van der Waals surface area contributed by atoms with Crippen LogP contribution in [0.15, 0.2) is 53.0 Å². The first-order valence-corrected chi connectivity index (χ1v) is 5.70. The quantitative estimate of drug-likeness (QED) is 0.742. The van der Waals surface area contributed by atoms with Gasteiger partial charge in [-0.05, 0) is 18.6 Å². The molecular formula is C13H11BrO. The fourth-order valence-corrected chi connectivity index (χ4v) is 1.87. The second-order valence-electron chi connectivity index (χ2n) is 3.53. The van der Waals surface area contributed by atoms with Gasteiger partial charge in [-0.25, -0.2) is 0 Å². The van der Waals surface area contributed by atoms with Crippen LogP contribution < -0.4 is 0 Å². The molecule has 0 heterocycles. The summed E-state index contributed by atoms with van der Waals surface area (Å²) in [6.07, 6.45) is 8.72. The Bertz CT molecular complexity index is 415. The topological polar surface area (TPSA) is 17.1 Å². The summed E-state index contributed by atoms with van der Waals surface area (Å²) < 4.78 is 0.998. The van der Waals surface area contributed by atoms with Crippen molar-refractivity contribution in [1.82, 2.24) is 0 Å². The van der Waals surface area contributed by atoms with E-state index in [1.165, 1.54) is 0 Å². The molecule has 0 saturated heterocycles. The van der Waals surface area contributed by atoms with Gasteiger partial charge in [-0.1, -0.05) is 52.4 Å². The Morgan fingerprint density at radius 3 is 2.53 bits per heavy atom. The van der Waals surface area contributed by atoms with Gasteiger partial charge >= 0.3 is 0 Å². The van der Waals surface area contributed by atoms with E-state index in [-0.39, 0.29) is 11.7 Å². The second kappa shape index (κ2) is 4.58. The molecule has 0 spiro atoms. The van der Waals surface area contributed by atoms with Gasteiger partial charge in [-0.2, -0.15) is 0 Å². The molecule has 76 valence electrons. The average Bonchev–Trinajstić information content (AvgIpc) is 2.30. The van der Waals surface area contributed by atoms with Gasteiger partial charge in [0.15, 0.2) is 5.78 Å². The van der Waals surface area contributed by atoms with Crippen molar-refractivity contribution in [3.05, 3.63) is 58.6 Å². The van der Waals surface area contributed by atoms with E-state index in [0.717, 1.165) is 16.5 Å². The lowest BCUT2D eigenvalue weighted by atomic mass is 9.92. The molecule has 0 aliphatic heterocycles. The SMILES string of the molecule is O=C(c1ccc(Br)cc1)C1C=CC=CC1. The van der Waals surface area contributed by atoms with Crippen LogP contribution in [0.3, 0.4) is 0 Å². The largest absolute Gasteiger partial charge is 0.294 e. The van der Waals surface area contributed by atoms with E-state index in [9.17, 15) is 4.79 Å². The number of carbonyl (C=O) groups is 1. The van der Waals surface area contributed by atoms with Crippen molar-refractivity contribution >= 4 is 21.7 Å². The number of rotatable bonds is 2. The maximum atomic E-state index is 12.0. The fourth-order valence-electron chi connectivity index (χ4n) is 1.60. The van der Waals surface area contributed by atoms with Crippen molar-refractivity contribution in [3.8, 4) is 0 Å². The molecule has 2 rings (SSSR count). The lowest BCUT2D eigenvalue weighted by Crippen LogP contribution is -2.12. The predicted molar refractivity (Wildman–Crippen MR) is 64.9 cm³/mol. The zero-order valence-electron chi connectivity index (χ0n) is 8.19. The Balaban J connectivity index is 2.17. The zero-order valence-corrected chi connectivity index (χ0v) is 9.78. The fraction of sp³-hybridized carbons (Fsp3) is 0.154. The molecule has 1 atom stereocenters. The Labute approximate surface area is 97.6 Å². The van der Waals surface area contributed by atoms with E-state index < -0.39 is 0 Å². The number of carbonyl (C=O) groups excluding carboxylic acids is 1. The molecule has 1 aromatic carbocycles. The average molecular weight is 263 g/mol. The second-order valence-corrected chi connectivity index (χ2v) is 4.44. The third-order valence-electron chi connectivity index (χ3n) is 2.45. The molecule has 0 bridgehead atoms. The lowest BCUT2D eigenvalue weighted by molar-refractivity contribution is 0.0945. The number of allylic oxidation sites excluding steroid dienone is 4. The third kappa shape index (κ3) is 2.45. The molecule has 0 saturated carbocycles. The highest BCUT2D eigenvalue weighted by Crippen LogP contribution is 2.19.